The Bertz CT molecular complexity index is 956. The molecule has 0 aliphatic heterocycles. The fraction of sp³-hybridized carbons (Fsp3) is 0.182. The number of amides is 1. The maximum Gasteiger partial charge on any atom is 0.251 e. The summed E-state index contributed by atoms with van der Waals surface area (Å²) in [4.78, 5) is 23.9. The van der Waals surface area contributed by atoms with Crippen LogP contribution in [0, 0.1) is 23.7 Å². The van der Waals surface area contributed by atoms with E-state index in [-0.39, 0.29) is 5.75 Å². The second-order valence-electron chi connectivity index (χ2n) is 6.06. The first-order chi connectivity index (χ1) is 13.4. The SMILES string of the molecule is C[C@@H](N)[C@H](NC(=O)c1ccc(C#CC#Cc2ccc(O)cc2)cc1)C(=O)CO. The lowest BCUT2D eigenvalue weighted by molar-refractivity contribution is -0.123. The second-order valence-corrected chi connectivity index (χ2v) is 6.06. The topological polar surface area (TPSA) is 113 Å². The van der Waals surface area contributed by atoms with Gasteiger partial charge in [0.15, 0.2) is 5.78 Å². The molecule has 6 heteroatoms. The van der Waals surface area contributed by atoms with Crippen LogP contribution in [0.1, 0.15) is 28.4 Å². The molecule has 0 aliphatic rings. The van der Waals surface area contributed by atoms with Gasteiger partial charge >= 0.3 is 0 Å². The molecule has 0 heterocycles. The zero-order valence-corrected chi connectivity index (χ0v) is 15.3. The first-order valence-electron chi connectivity index (χ1n) is 8.52. The molecule has 0 saturated carbocycles. The lowest BCUT2D eigenvalue weighted by Crippen LogP contribution is -2.52. The van der Waals surface area contributed by atoms with Gasteiger partial charge in [-0.05, 0) is 67.3 Å². The number of aromatic hydroxyl groups is 1. The normalized spacial score (nSPS) is 11.8. The number of phenolic OH excluding ortho intramolecular Hbond substituents is 1. The van der Waals surface area contributed by atoms with Crippen molar-refractivity contribution in [2.75, 3.05) is 6.61 Å². The first-order valence-corrected chi connectivity index (χ1v) is 8.52. The van der Waals surface area contributed by atoms with Crippen LogP contribution in [0.5, 0.6) is 5.75 Å². The van der Waals surface area contributed by atoms with Gasteiger partial charge in [-0.15, -0.1) is 0 Å². The second kappa shape index (κ2) is 9.94. The summed E-state index contributed by atoms with van der Waals surface area (Å²) in [6.07, 6.45) is 0. The number of carbonyl (C=O) groups is 2. The van der Waals surface area contributed by atoms with Crippen molar-refractivity contribution in [3.05, 3.63) is 65.2 Å². The predicted molar refractivity (Wildman–Crippen MR) is 105 cm³/mol. The number of phenols is 1. The molecule has 2 aromatic rings. The average Bonchev–Trinajstić information content (AvgIpc) is 2.70. The highest BCUT2D eigenvalue weighted by Gasteiger charge is 2.24. The van der Waals surface area contributed by atoms with Crippen LogP contribution in [0.2, 0.25) is 0 Å². The van der Waals surface area contributed by atoms with E-state index in [4.69, 9.17) is 10.8 Å². The van der Waals surface area contributed by atoms with Crippen molar-refractivity contribution < 1.29 is 19.8 Å². The number of nitrogens with two attached hydrogens (primary N) is 1. The largest absolute Gasteiger partial charge is 0.508 e. The Balaban J connectivity index is 2.03. The molecule has 0 aliphatic carbocycles. The average molecular weight is 376 g/mol. The van der Waals surface area contributed by atoms with E-state index in [2.05, 4.69) is 29.0 Å². The lowest BCUT2D eigenvalue weighted by Gasteiger charge is -2.20. The van der Waals surface area contributed by atoms with Crippen molar-refractivity contribution in [3.8, 4) is 29.4 Å². The van der Waals surface area contributed by atoms with Gasteiger partial charge in [0.1, 0.15) is 18.4 Å². The Kier molecular flexibility index (Phi) is 7.36. The van der Waals surface area contributed by atoms with Crippen molar-refractivity contribution in [1.29, 1.82) is 0 Å². The Morgan fingerprint density at radius 3 is 1.96 bits per heavy atom. The van der Waals surface area contributed by atoms with E-state index in [1.54, 1.807) is 55.5 Å². The van der Waals surface area contributed by atoms with Crippen LogP contribution >= 0.6 is 0 Å². The van der Waals surface area contributed by atoms with Crippen LogP contribution in [0.15, 0.2) is 48.5 Å². The molecule has 2 atom stereocenters. The number of rotatable bonds is 5. The zero-order chi connectivity index (χ0) is 20.5. The standard InChI is InChI=1S/C22H20N2O4/c1-15(23)21(20(27)14-25)24-22(28)18-10-6-16(7-11-18)4-2-3-5-17-8-12-19(26)13-9-17/h6-13,15,21,25-26H,14,23H2,1H3,(H,24,28)/t15-,21+/m1/s1. The number of hydrogen-bond acceptors (Lipinski definition) is 5. The molecule has 0 fully saturated rings. The Morgan fingerprint density at radius 2 is 1.50 bits per heavy atom. The van der Waals surface area contributed by atoms with Gasteiger partial charge in [-0.1, -0.05) is 11.8 Å². The van der Waals surface area contributed by atoms with E-state index >= 15 is 0 Å². The van der Waals surface area contributed by atoms with Gasteiger partial charge in [-0.3, -0.25) is 9.59 Å². The first kappa shape index (κ1) is 20.7. The lowest BCUT2D eigenvalue weighted by atomic mass is 10.1. The van der Waals surface area contributed by atoms with E-state index < -0.39 is 30.4 Å². The number of aliphatic hydroxyl groups is 1. The fourth-order valence-electron chi connectivity index (χ4n) is 2.28. The molecule has 0 aromatic heterocycles. The number of nitrogens with one attached hydrogen (secondary N) is 1. The van der Waals surface area contributed by atoms with Gasteiger partial charge in [0.2, 0.25) is 0 Å². The predicted octanol–water partition coefficient (Wildman–Crippen LogP) is 0.802. The summed E-state index contributed by atoms with van der Waals surface area (Å²) in [6, 6.07) is 11.4. The van der Waals surface area contributed by atoms with Gasteiger partial charge in [0, 0.05) is 22.7 Å². The third kappa shape index (κ3) is 6.00. The van der Waals surface area contributed by atoms with Crippen LogP contribution in [0.3, 0.4) is 0 Å². The molecule has 0 spiro atoms. The number of carbonyl (C=O) groups excluding carboxylic acids is 2. The van der Waals surface area contributed by atoms with E-state index in [0.717, 1.165) is 5.56 Å². The quantitative estimate of drug-likeness (QED) is 0.577. The third-order valence-corrected chi connectivity index (χ3v) is 3.81. The number of benzene rings is 2. The molecular weight excluding hydrogens is 356 g/mol. The Labute approximate surface area is 163 Å². The van der Waals surface area contributed by atoms with Crippen LogP contribution in [-0.4, -0.2) is 40.6 Å². The van der Waals surface area contributed by atoms with Crippen molar-refractivity contribution >= 4 is 11.7 Å². The summed E-state index contributed by atoms with van der Waals surface area (Å²) in [5, 5.41) is 20.7. The number of hydrogen-bond donors (Lipinski definition) is 4. The molecule has 0 unspecified atom stereocenters. The summed E-state index contributed by atoms with van der Waals surface area (Å²) in [6.45, 7) is 0.891. The molecule has 2 rings (SSSR count). The molecule has 6 nitrogen and oxygen atoms in total. The molecule has 5 N–H and O–H groups in total. The van der Waals surface area contributed by atoms with Crippen LogP contribution < -0.4 is 11.1 Å². The highest BCUT2D eigenvalue weighted by atomic mass is 16.3. The molecule has 28 heavy (non-hydrogen) atoms. The molecule has 142 valence electrons. The highest BCUT2D eigenvalue weighted by molar-refractivity contribution is 5.98. The summed E-state index contributed by atoms with van der Waals surface area (Å²) in [7, 11) is 0. The number of Topliss-reactive ketones (excluding diaryl/α,β-unsaturated/α-hetero) is 1. The van der Waals surface area contributed by atoms with Crippen molar-refractivity contribution in [3.63, 3.8) is 0 Å². The zero-order valence-electron chi connectivity index (χ0n) is 15.3. The van der Waals surface area contributed by atoms with Crippen LogP contribution in [0.25, 0.3) is 0 Å². The maximum atomic E-state index is 12.3. The van der Waals surface area contributed by atoms with Crippen LogP contribution in [-0.2, 0) is 4.79 Å². The number of ketones is 1. The third-order valence-electron chi connectivity index (χ3n) is 3.81. The summed E-state index contributed by atoms with van der Waals surface area (Å²) in [5.41, 5.74) is 7.44. The summed E-state index contributed by atoms with van der Waals surface area (Å²) >= 11 is 0. The molecule has 1 amide bonds. The Hall–Kier alpha value is -3.58. The highest BCUT2D eigenvalue weighted by Crippen LogP contribution is 2.08. The minimum absolute atomic E-state index is 0.175. The summed E-state index contributed by atoms with van der Waals surface area (Å²) in [5.74, 6) is 10.3. The smallest absolute Gasteiger partial charge is 0.251 e. The van der Waals surface area contributed by atoms with Gasteiger partial charge in [0.05, 0.1) is 0 Å². The van der Waals surface area contributed by atoms with Crippen molar-refractivity contribution in [2.24, 2.45) is 5.73 Å². The minimum Gasteiger partial charge on any atom is -0.508 e. The van der Waals surface area contributed by atoms with E-state index in [1.807, 2.05) is 0 Å². The maximum absolute atomic E-state index is 12.3. The van der Waals surface area contributed by atoms with Gasteiger partial charge < -0.3 is 21.3 Å². The van der Waals surface area contributed by atoms with Gasteiger partial charge in [0.25, 0.3) is 5.91 Å². The van der Waals surface area contributed by atoms with Crippen molar-refractivity contribution in [2.45, 2.75) is 19.0 Å². The van der Waals surface area contributed by atoms with Gasteiger partial charge in [-0.2, -0.15) is 0 Å². The molecule has 2 aromatic carbocycles. The van der Waals surface area contributed by atoms with E-state index in [0.29, 0.717) is 11.1 Å². The van der Waals surface area contributed by atoms with Crippen LogP contribution in [0.4, 0.5) is 0 Å². The van der Waals surface area contributed by atoms with Gasteiger partial charge in [-0.25, -0.2) is 0 Å². The number of aliphatic hydroxyl groups excluding tert-OH is 1. The van der Waals surface area contributed by atoms with E-state index in [1.165, 1.54) is 0 Å². The van der Waals surface area contributed by atoms with Crippen molar-refractivity contribution in [1.82, 2.24) is 5.32 Å². The molecule has 0 radical (unpaired) electrons. The Morgan fingerprint density at radius 1 is 1.00 bits per heavy atom. The monoisotopic (exact) mass is 376 g/mol. The molecular formula is C22H20N2O4. The molecule has 0 bridgehead atoms. The minimum atomic E-state index is -0.952. The summed E-state index contributed by atoms with van der Waals surface area (Å²) < 4.78 is 0. The van der Waals surface area contributed by atoms with E-state index in [9.17, 15) is 14.7 Å². The molecule has 0 saturated heterocycles. The fourth-order valence-corrected chi connectivity index (χ4v) is 2.28.